The van der Waals surface area contributed by atoms with Crippen molar-refractivity contribution in [2.24, 2.45) is 5.92 Å². The van der Waals surface area contributed by atoms with Gasteiger partial charge in [-0.25, -0.2) is 0 Å². The lowest BCUT2D eigenvalue weighted by Crippen LogP contribution is -2.45. The van der Waals surface area contributed by atoms with Crippen LogP contribution in [0.4, 0.5) is 5.82 Å². The predicted molar refractivity (Wildman–Crippen MR) is 110 cm³/mol. The van der Waals surface area contributed by atoms with Crippen molar-refractivity contribution in [2.75, 3.05) is 18.0 Å². The number of carbonyl (C=O) groups excluding carboxylic acids is 1. The first-order valence-electron chi connectivity index (χ1n) is 9.94. The molecule has 1 N–H and O–H groups in total. The molecular weight excluding hydrogens is 336 g/mol. The van der Waals surface area contributed by atoms with E-state index in [0.717, 1.165) is 42.9 Å². The SMILES string of the molecule is CC[C@H](C)NC(=O)[C@@H]1CCCN(c2ccc(-c3ccc(C)c(C)c3)nn2)C1. The number of piperidine rings is 1. The molecule has 27 heavy (non-hydrogen) atoms. The second kappa shape index (κ2) is 8.51. The van der Waals surface area contributed by atoms with Gasteiger partial charge in [0.25, 0.3) is 0 Å². The maximum absolute atomic E-state index is 12.5. The lowest BCUT2D eigenvalue weighted by molar-refractivity contribution is -0.125. The van der Waals surface area contributed by atoms with Gasteiger partial charge < -0.3 is 10.2 Å². The molecule has 1 aromatic heterocycles. The topological polar surface area (TPSA) is 58.1 Å². The van der Waals surface area contributed by atoms with Gasteiger partial charge >= 0.3 is 0 Å². The van der Waals surface area contributed by atoms with Gasteiger partial charge in [-0.2, -0.15) is 0 Å². The maximum atomic E-state index is 12.5. The van der Waals surface area contributed by atoms with Gasteiger partial charge in [-0.15, -0.1) is 10.2 Å². The number of rotatable bonds is 5. The van der Waals surface area contributed by atoms with E-state index in [9.17, 15) is 4.79 Å². The van der Waals surface area contributed by atoms with Crippen LogP contribution in [0.25, 0.3) is 11.3 Å². The van der Waals surface area contributed by atoms with Crippen LogP contribution >= 0.6 is 0 Å². The van der Waals surface area contributed by atoms with Crippen molar-refractivity contribution < 1.29 is 4.79 Å². The fourth-order valence-electron chi connectivity index (χ4n) is 3.41. The van der Waals surface area contributed by atoms with Crippen LogP contribution in [0.15, 0.2) is 30.3 Å². The number of amides is 1. The van der Waals surface area contributed by atoms with E-state index in [2.05, 4.69) is 66.3 Å². The molecule has 1 fully saturated rings. The van der Waals surface area contributed by atoms with Crippen LogP contribution < -0.4 is 10.2 Å². The van der Waals surface area contributed by atoms with Crippen molar-refractivity contribution in [1.29, 1.82) is 0 Å². The first-order valence-corrected chi connectivity index (χ1v) is 9.94. The number of benzene rings is 1. The van der Waals surface area contributed by atoms with Gasteiger partial charge in [0.1, 0.15) is 0 Å². The van der Waals surface area contributed by atoms with Crippen LogP contribution in [0.2, 0.25) is 0 Å². The Labute approximate surface area is 162 Å². The molecule has 2 atom stereocenters. The minimum atomic E-state index is 0.0222. The van der Waals surface area contributed by atoms with Crippen molar-refractivity contribution in [2.45, 2.75) is 53.0 Å². The molecule has 1 aliphatic heterocycles. The molecule has 0 saturated carbocycles. The highest BCUT2D eigenvalue weighted by Gasteiger charge is 2.27. The molecule has 0 aliphatic carbocycles. The largest absolute Gasteiger partial charge is 0.354 e. The zero-order valence-corrected chi connectivity index (χ0v) is 16.8. The Morgan fingerprint density at radius 2 is 2.04 bits per heavy atom. The van der Waals surface area contributed by atoms with Crippen LogP contribution in [0.5, 0.6) is 0 Å². The molecule has 5 heteroatoms. The highest BCUT2D eigenvalue weighted by molar-refractivity contribution is 5.79. The van der Waals surface area contributed by atoms with Gasteiger partial charge in [0, 0.05) is 24.7 Å². The van der Waals surface area contributed by atoms with Gasteiger partial charge in [-0.1, -0.05) is 19.1 Å². The summed E-state index contributed by atoms with van der Waals surface area (Å²) in [5.74, 6) is 1.03. The predicted octanol–water partition coefficient (Wildman–Crippen LogP) is 3.89. The Morgan fingerprint density at radius 1 is 1.22 bits per heavy atom. The van der Waals surface area contributed by atoms with E-state index >= 15 is 0 Å². The summed E-state index contributed by atoms with van der Waals surface area (Å²) in [6.07, 6.45) is 2.89. The molecule has 2 heterocycles. The molecule has 5 nitrogen and oxygen atoms in total. The monoisotopic (exact) mass is 366 g/mol. The van der Waals surface area contributed by atoms with E-state index < -0.39 is 0 Å². The third kappa shape index (κ3) is 4.65. The summed E-state index contributed by atoms with van der Waals surface area (Å²) >= 11 is 0. The highest BCUT2D eigenvalue weighted by Crippen LogP contribution is 2.24. The number of anilines is 1. The zero-order valence-electron chi connectivity index (χ0n) is 16.8. The normalized spacial score (nSPS) is 18.2. The Bertz CT molecular complexity index is 787. The summed E-state index contributed by atoms with van der Waals surface area (Å²) in [5, 5.41) is 12.0. The second-order valence-electron chi connectivity index (χ2n) is 7.68. The van der Waals surface area contributed by atoms with Crippen LogP contribution in [0, 0.1) is 19.8 Å². The molecule has 1 saturated heterocycles. The summed E-state index contributed by atoms with van der Waals surface area (Å²) in [6.45, 7) is 9.99. The Morgan fingerprint density at radius 3 is 2.70 bits per heavy atom. The summed E-state index contributed by atoms with van der Waals surface area (Å²) < 4.78 is 0. The van der Waals surface area contributed by atoms with Crippen molar-refractivity contribution in [3.05, 3.63) is 41.5 Å². The molecule has 1 aliphatic rings. The molecule has 2 aromatic rings. The number of aromatic nitrogens is 2. The first-order chi connectivity index (χ1) is 13.0. The van der Waals surface area contributed by atoms with Crippen molar-refractivity contribution in [3.63, 3.8) is 0 Å². The summed E-state index contributed by atoms with van der Waals surface area (Å²) in [4.78, 5) is 14.7. The second-order valence-corrected chi connectivity index (χ2v) is 7.68. The van der Waals surface area contributed by atoms with Crippen LogP contribution in [0.1, 0.15) is 44.2 Å². The quantitative estimate of drug-likeness (QED) is 0.872. The van der Waals surface area contributed by atoms with Crippen molar-refractivity contribution >= 4 is 11.7 Å². The van der Waals surface area contributed by atoms with Crippen molar-refractivity contribution in [1.82, 2.24) is 15.5 Å². The minimum absolute atomic E-state index is 0.0222. The molecule has 1 aromatic carbocycles. The van der Waals surface area contributed by atoms with E-state index in [0.29, 0.717) is 6.54 Å². The molecule has 144 valence electrons. The molecule has 0 bridgehead atoms. The lowest BCUT2D eigenvalue weighted by atomic mass is 9.96. The summed E-state index contributed by atoms with van der Waals surface area (Å²) in [6, 6.07) is 10.6. The molecule has 3 rings (SSSR count). The number of aryl methyl sites for hydroxylation is 2. The Kier molecular flexibility index (Phi) is 6.09. The maximum Gasteiger partial charge on any atom is 0.225 e. The molecule has 1 amide bonds. The third-order valence-electron chi connectivity index (χ3n) is 5.57. The average molecular weight is 367 g/mol. The molecular formula is C22H30N4O. The van der Waals surface area contributed by atoms with E-state index in [1.165, 1.54) is 11.1 Å². The first kappa shape index (κ1) is 19.3. The number of hydrogen-bond donors (Lipinski definition) is 1. The van der Waals surface area contributed by atoms with E-state index in [1.807, 2.05) is 12.1 Å². The summed E-state index contributed by atoms with van der Waals surface area (Å²) in [5.41, 5.74) is 4.49. The van der Waals surface area contributed by atoms with E-state index in [-0.39, 0.29) is 17.9 Å². The average Bonchev–Trinajstić information content (AvgIpc) is 2.70. The van der Waals surface area contributed by atoms with Gasteiger partial charge in [-0.3, -0.25) is 4.79 Å². The lowest BCUT2D eigenvalue weighted by Gasteiger charge is -2.33. The van der Waals surface area contributed by atoms with Gasteiger partial charge in [0.15, 0.2) is 5.82 Å². The minimum Gasteiger partial charge on any atom is -0.354 e. The Hall–Kier alpha value is -2.43. The van der Waals surface area contributed by atoms with Crippen LogP contribution in [0.3, 0.4) is 0 Å². The van der Waals surface area contributed by atoms with E-state index in [4.69, 9.17) is 0 Å². The zero-order chi connectivity index (χ0) is 19.4. The summed E-state index contributed by atoms with van der Waals surface area (Å²) in [7, 11) is 0. The Balaban J connectivity index is 1.69. The number of hydrogen-bond acceptors (Lipinski definition) is 4. The molecule has 0 spiro atoms. The number of nitrogens with zero attached hydrogens (tertiary/aromatic N) is 3. The number of nitrogens with one attached hydrogen (secondary N) is 1. The van der Waals surface area contributed by atoms with Crippen LogP contribution in [-0.2, 0) is 4.79 Å². The fourth-order valence-corrected chi connectivity index (χ4v) is 3.41. The molecule has 0 unspecified atom stereocenters. The van der Waals surface area contributed by atoms with E-state index in [1.54, 1.807) is 0 Å². The van der Waals surface area contributed by atoms with Gasteiger partial charge in [0.05, 0.1) is 11.6 Å². The van der Waals surface area contributed by atoms with Crippen molar-refractivity contribution in [3.8, 4) is 11.3 Å². The highest BCUT2D eigenvalue weighted by atomic mass is 16.2. The standard InChI is InChI=1S/C22H30N4O/c1-5-17(4)23-22(27)19-7-6-12-26(14-19)21-11-10-20(24-25-21)18-9-8-15(2)16(3)13-18/h8-11,13,17,19H,5-7,12,14H2,1-4H3,(H,23,27)/t17-,19+/m0/s1. The van der Waals surface area contributed by atoms with Gasteiger partial charge in [-0.05, 0) is 69.4 Å². The number of carbonyl (C=O) groups is 1. The fraction of sp³-hybridized carbons (Fsp3) is 0.500. The van der Waals surface area contributed by atoms with Gasteiger partial charge in [0.2, 0.25) is 5.91 Å². The van der Waals surface area contributed by atoms with Crippen LogP contribution in [-0.4, -0.2) is 35.2 Å². The smallest absolute Gasteiger partial charge is 0.225 e. The molecule has 0 radical (unpaired) electrons. The third-order valence-corrected chi connectivity index (χ3v) is 5.57.